The summed E-state index contributed by atoms with van der Waals surface area (Å²) in [5.41, 5.74) is 0. The van der Waals surface area contributed by atoms with E-state index < -0.39 is 6.09 Å². The molecule has 0 saturated heterocycles. The first-order valence-corrected chi connectivity index (χ1v) is 3.80. The maximum Gasteiger partial charge on any atom is 0.435 e. The van der Waals surface area contributed by atoms with Crippen LogP contribution in [0.4, 0.5) is 4.79 Å². The second-order valence-electron chi connectivity index (χ2n) is 1.84. The number of amides is 1. The fourth-order valence-corrected chi connectivity index (χ4v) is 0.630. The van der Waals surface area contributed by atoms with E-state index in [0.29, 0.717) is 5.75 Å². The molecule has 0 radical (unpaired) electrons. The average molecular weight is 202 g/mol. The van der Waals surface area contributed by atoms with Gasteiger partial charge < -0.3 is 4.74 Å². The van der Waals surface area contributed by atoms with E-state index >= 15 is 0 Å². The van der Waals surface area contributed by atoms with Gasteiger partial charge in [0, 0.05) is 12.4 Å². The Kier molecular flexibility index (Phi) is 3.24. The van der Waals surface area contributed by atoms with Crippen LogP contribution >= 0.6 is 25.6 Å². The summed E-state index contributed by atoms with van der Waals surface area (Å²) >= 11 is 7.26. The van der Waals surface area contributed by atoms with Gasteiger partial charge in [0.1, 0.15) is 5.75 Å². The summed E-state index contributed by atoms with van der Waals surface area (Å²) in [6, 6.07) is 3.12. The zero-order valence-corrected chi connectivity index (χ0v) is 7.70. The summed E-state index contributed by atoms with van der Waals surface area (Å²) < 4.78 is 5.52. The Balaban J connectivity index is 2.59. The first kappa shape index (κ1) is 9.21. The molecule has 1 aromatic rings. The number of pyridine rings is 1. The first-order valence-electron chi connectivity index (χ1n) is 3.00. The average Bonchev–Trinajstić information content (AvgIpc) is 2.06. The van der Waals surface area contributed by atoms with Crippen LogP contribution in [0.2, 0.25) is 0 Å². The number of ether oxygens (including phenoxy) is 1. The van der Waals surface area contributed by atoms with Crippen LogP contribution in [-0.2, 0) is 0 Å². The summed E-state index contributed by atoms with van der Waals surface area (Å²) in [5.74, 6) is 0.406. The Bertz CT molecular complexity index is 266. The summed E-state index contributed by atoms with van der Waals surface area (Å²) in [6.45, 7) is 0. The van der Waals surface area contributed by atoms with E-state index in [9.17, 15) is 4.79 Å². The van der Waals surface area contributed by atoms with Crippen molar-refractivity contribution in [2.24, 2.45) is 0 Å². The van der Waals surface area contributed by atoms with Crippen LogP contribution in [-0.4, -0.2) is 14.8 Å². The molecule has 6 heteroatoms. The normalized spacial score (nSPS) is 9.17. The van der Waals surface area contributed by atoms with Gasteiger partial charge in [-0.3, -0.25) is 4.98 Å². The minimum atomic E-state index is -0.659. The standard InChI is InChI=1S/C6H6N2O2S2/c9-6(8(11)12)10-5-1-3-7-4-2-5/h1-4,11-12H. The van der Waals surface area contributed by atoms with Crippen molar-refractivity contribution in [3.05, 3.63) is 24.5 Å². The summed E-state index contributed by atoms with van der Waals surface area (Å²) in [5, 5.41) is 0. The SMILES string of the molecule is O=C(Oc1ccncc1)N(S)S. The third-order valence-corrected chi connectivity index (χ3v) is 1.34. The molecule has 0 aliphatic carbocycles. The van der Waals surface area contributed by atoms with Gasteiger partial charge in [0.15, 0.2) is 0 Å². The van der Waals surface area contributed by atoms with Gasteiger partial charge in [-0.25, -0.2) is 4.79 Å². The van der Waals surface area contributed by atoms with E-state index in [2.05, 4.69) is 30.6 Å². The fourth-order valence-electron chi connectivity index (χ4n) is 0.548. The van der Waals surface area contributed by atoms with Gasteiger partial charge in [0.25, 0.3) is 0 Å². The van der Waals surface area contributed by atoms with Gasteiger partial charge in [-0.15, -0.1) is 0 Å². The predicted octanol–water partition coefficient (Wildman–Crippen LogP) is 1.57. The molecule has 1 aromatic heterocycles. The number of hydrogen-bond acceptors (Lipinski definition) is 5. The Morgan fingerprint density at radius 1 is 1.42 bits per heavy atom. The lowest BCUT2D eigenvalue weighted by Gasteiger charge is -2.06. The molecule has 0 spiro atoms. The molecular weight excluding hydrogens is 196 g/mol. The third kappa shape index (κ3) is 2.63. The number of nitrogens with zero attached hydrogens (tertiary/aromatic N) is 2. The highest BCUT2D eigenvalue weighted by molar-refractivity contribution is 7.94. The minimum absolute atomic E-state index is 0.406. The number of hydrogen-bond donors (Lipinski definition) is 2. The molecule has 4 nitrogen and oxygen atoms in total. The lowest BCUT2D eigenvalue weighted by Crippen LogP contribution is -2.16. The number of thiol groups is 2. The molecule has 64 valence electrons. The molecule has 0 aliphatic rings. The highest BCUT2D eigenvalue weighted by Crippen LogP contribution is 2.10. The largest absolute Gasteiger partial charge is 0.435 e. The van der Waals surface area contributed by atoms with Crippen molar-refractivity contribution in [1.82, 2.24) is 8.69 Å². The number of carbonyl (C=O) groups excluding carboxylic acids is 1. The zero-order valence-electron chi connectivity index (χ0n) is 5.91. The van der Waals surface area contributed by atoms with Crippen molar-refractivity contribution in [3.63, 3.8) is 0 Å². The molecular formula is C6H6N2O2S2. The third-order valence-electron chi connectivity index (χ3n) is 1.02. The number of carbonyl (C=O) groups is 1. The van der Waals surface area contributed by atoms with E-state index in [1.807, 2.05) is 0 Å². The molecule has 1 rings (SSSR count). The minimum Gasteiger partial charge on any atom is -0.409 e. The molecule has 0 unspecified atom stereocenters. The molecule has 0 N–H and O–H groups in total. The van der Waals surface area contributed by atoms with Gasteiger partial charge in [0.2, 0.25) is 0 Å². The van der Waals surface area contributed by atoms with Crippen LogP contribution in [0.15, 0.2) is 24.5 Å². The van der Waals surface area contributed by atoms with Gasteiger partial charge in [-0.05, 0) is 37.8 Å². The molecule has 1 amide bonds. The van der Waals surface area contributed by atoms with E-state index in [1.54, 1.807) is 12.1 Å². The topological polar surface area (TPSA) is 42.4 Å². The second-order valence-corrected chi connectivity index (χ2v) is 2.96. The number of aromatic nitrogens is 1. The van der Waals surface area contributed by atoms with Crippen molar-refractivity contribution in [2.75, 3.05) is 0 Å². The van der Waals surface area contributed by atoms with Crippen LogP contribution in [0, 0.1) is 0 Å². The highest BCUT2D eigenvalue weighted by Gasteiger charge is 2.07. The van der Waals surface area contributed by atoms with Crippen LogP contribution < -0.4 is 4.74 Å². The maximum absolute atomic E-state index is 10.8. The molecule has 0 aliphatic heterocycles. The molecule has 0 atom stereocenters. The maximum atomic E-state index is 10.8. The Morgan fingerprint density at radius 3 is 2.50 bits per heavy atom. The molecule has 0 fully saturated rings. The van der Waals surface area contributed by atoms with Crippen LogP contribution in [0.1, 0.15) is 0 Å². The lowest BCUT2D eigenvalue weighted by molar-refractivity contribution is 0.197. The van der Waals surface area contributed by atoms with E-state index in [1.165, 1.54) is 12.4 Å². The molecule has 0 saturated carbocycles. The fraction of sp³-hybridized carbons (Fsp3) is 0. The highest BCUT2D eigenvalue weighted by atomic mass is 32.2. The van der Waals surface area contributed by atoms with Gasteiger partial charge >= 0.3 is 6.09 Å². The summed E-state index contributed by atoms with van der Waals surface area (Å²) in [6.07, 6.45) is 2.38. The monoisotopic (exact) mass is 202 g/mol. The smallest absolute Gasteiger partial charge is 0.409 e. The van der Waals surface area contributed by atoms with E-state index in [0.717, 1.165) is 3.71 Å². The second kappa shape index (κ2) is 4.22. The first-order chi connectivity index (χ1) is 5.70. The van der Waals surface area contributed by atoms with Crippen LogP contribution in [0.3, 0.4) is 0 Å². The summed E-state index contributed by atoms with van der Waals surface area (Å²) in [4.78, 5) is 14.6. The van der Waals surface area contributed by atoms with Crippen LogP contribution in [0.5, 0.6) is 5.75 Å². The quantitative estimate of drug-likeness (QED) is 0.679. The Labute approximate surface area is 80.6 Å². The van der Waals surface area contributed by atoms with Crippen molar-refractivity contribution in [1.29, 1.82) is 0 Å². The molecule has 1 heterocycles. The predicted molar refractivity (Wildman–Crippen MR) is 50.1 cm³/mol. The Hall–Kier alpha value is -0.880. The van der Waals surface area contributed by atoms with Crippen molar-refractivity contribution in [2.45, 2.75) is 0 Å². The molecule has 0 bridgehead atoms. The Morgan fingerprint density at radius 2 is 2.00 bits per heavy atom. The molecule has 12 heavy (non-hydrogen) atoms. The zero-order chi connectivity index (χ0) is 8.97. The van der Waals surface area contributed by atoms with Crippen molar-refractivity contribution in [3.8, 4) is 5.75 Å². The van der Waals surface area contributed by atoms with E-state index in [-0.39, 0.29) is 0 Å². The molecule has 0 aromatic carbocycles. The van der Waals surface area contributed by atoms with Crippen molar-refractivity contribution < 1.29 is 9.53 Å². The van der Waals surface area contributed by atoms with E-state index in [4.69, 9.17) is 4.74 Å². The van der Waals surface area contributed by atoms with Gasteiger partial charge in [-0.1, -0.05) is 0 Å². The summed E-state index contributed by atoms with van der Waals surface area (Å²) in [7, 11) is 0. The van der Waals surface area contributed by atoms with Gasteiger partial charge in [0.05, 0.1) is 0 Å². The number of rotatable bonds is 1. The lowest BCUT2D eigenvalue weighted by atomic mass is 10.5. The van der Waals surface area contributed by atoms with Gasteiger partial charge in [-0.2, -0.15) is 3.71 Å². The van der Waals surface area contributed by atoms with Crippen LogP contribution in [0.25, 0.3) is 0 Å². The van der Waals surface area contributed by atoms with Crippen molar-refractivity contribution >= 4 is 31.7 Å².